The number of rotatable bonds is 4. The predicted octanol–water partition coefficient (Wildman–Crippen LogP) is 0.994. The normalized spacial score (nSPS) is 21.1. The first-order chi connectivity index (χ1) is 7.45. The van der Waals surface area contributed by atoms with Crippen LogP contribution < -0.4 is 0 Å². The van der Waals surface area contributed by atoms with Crippen molar-refractivity contribution in [2.45, 2.75) is 32.1 Å². The number of hydrogen-bond donors (Lipinski definition) is 0. The van der Waals surface area contributed by atoms with E-state index >= 15 is 0 Å². The van der Waals surface area contributed by atoms with Crippen LogP contribution in [0.3, 0.4) is 0 Å². The third kappa shape index (κ3) is 3.53. The molecule has 84 valence electrons. The first kappa shape index (κ1) is 10.5. The van der Waals surface area contributed by atoms with Gasteiger partial charge in [0.05, 0.1) is 6.42 Å². The minimum absolute atomic E-state index is 0.864. The van der Waals surface area contributed by atoms with E-state index in [-0.39, 0.29) is 0 Å². The first-order valence-corrected chi connectivity index (χ1v) is 5.91. The molecular weight excluding hydrogens is 192 g/mol. The Labute approximate surface area is 90.7 Å². The number of nitrogens with zero attached hydrogens (tertiary/aromatic N) is 2. The Morgan fingerprint density at radius 2 is 1.40 bits per heavy atom. The molecule has 0 aromatic rings. The molecule has 15 heavy (non-hydrogen) atoms. The van der Waals surface area contributed by atoms with E-state index in [2.05, 4.69) is 12.4 Å². The van der Waals surface area contributed by atoms with Crippen molar-refractivity contribution in [3.8, 4) is 0 Å². The Hall–Kier alpha value is -1.06. The zero-order chi connectivity index (χ0) is 10.3. The summed E-state index contributed by atoms with van der Waals surface area (Å²) < 4.78 is 3.93. The predicted molar refractivity (Wildman–Crippen MR) is 57.4 cm³/mol. The highest BCUT2D eigenvalue weighted by atomic mass is 16.7. The zero-order valence-corrected chi connectivity index (χ0v) is 9.23. The summed E-state index contributed by atoms with van der Waals surface area (Å²) in [5.74, 6) is 0. The largest absolute Gasteiger partial charge is 0.277 e. The van der Waals surface area contributed by atoms with E-state index in [4.69, 9.17) is 9.68 Å². The lowest BCUT2D eigenvalue weighted by Gasteiger charge is -2.08. The SMILES string of the molecule is C1=[N+](CCC[N+]2=CCCCO2)OCCC1. The van der Waals surface area contributed by atoms with Crippen LogP contribution in [0.5, 0.6) is 0 Å². The molecule has 0 saturated carbocycles. The molecule has 2 rings (SSSR count). The highest BCUT2D eigenvalue weighted by Gasteiger charge is 2.15. The van der Waals surface area contributed by atoms with Crippen molar-refractivity contribution in [1.29, 1.82) is 0 Å². The summed E-state index contributed by atoms with van der Waals surface area (Å²) in [6.07, 6.45) is 9.96. The van der Waals surface area contributed by atoms with Gasteiger partial charge in [-0.3, -0.25) is 9.68 Å². The maximum atomic E-state index is 5.48. The third-order valence-corrected chi connectivity index (χ3v) is 2.63. The average Bonchev–Trinajstić information content (AvgIpc) is 2.32. The molecule has 0 spiro atoms. The minimum atomic E-state index is 0.864. The zero-order valence-electron chi connectivity index (χ0n) is 9.23. The fourth-order valence-corrected chi connectivity index (χ4v) is 1.80. The van der Waals surface area contributed by atoms with Crippen molar-refractivity contribution < 1.29 is 19.2 Å². The van der Waals surface area contributed by atoms with Gasteiger partial charge in [-0.1, -0.05) is 0 Å². The van der Waals surface area contributed by atoms with Gasteiger partial charge in [-0.2, -0.15) is 0 Å². The van der Waals surface area contributed by atoms with E-state index in [1.807, 2.05) is 9.48 Å². The summed E-state index contributed by atoms with van der Waals surface area (Å²) in [5.41, 5.74) is 0. The average molecular weight is 212 g/mol. The molecule has 4 nitrogen and oxygen atoms in total. The van der Waals surface area contributed by atoms with E-state index in [1.54, 1.807) is 0 Å². The first-order valence-electron chi connectivity index (χ1n) is 5.91. The van der Waals surface area contributed by atoms with Gasteiger partial charge in [-0.05, 0) is 22.3 Å². The number of hydroxylamine groups is 2. The molecule has 0 amide bonds. The Bertz CT molecular complexity index is 235. The molecular formula is C11H20N2O2+2. The van der Waals surface area contributed by atoms with Gasteiger partial charge in [0.2, 0.25) is 0 Å². The van der Waals surface area contributed by atoms with Gasteiger partial charge in [0.15, 0.2) is 38.7 Å². The highest BCUT2D eigenvalue weighted by Crippen LogP contribution is 1.99. The molecule has 2 aliphatic heterocycles. The standard InChI is InChI=1S/C11H20N2O2/c1-3-10-14-12(6-1)8-5-9-13-7-2-4-11-15-13/h6-7H,1-5,8-11H2/q+2. The molecule has 2 aliphatic rings. The van der Waals surface area contributed by atoms with Crippen LogP contribution in [-0.4, -0.2) is 48.2 Å². The lowest BCUT2D eigenvalue weighted by atomic mass is 10.3. The summed E-state index contributed by atoms with van der Waals surface area (Å²) in [7, 11) is 0. The topological polar surface area (TPSA) is 24.5 Å². The Balaban J connectivity index is 1.65. The molecule has 4 heteroatoms. The fraction of sp³-hybridized carbons (Fsp3) is 0.818. The second-order valence-corrected chi connectivity index (χ2v) is 3.95. The van der Waals surface area contributed by atoms with Crippen LogP contribution in [-0.2, 0) is 9.68 Å². The Morgan fingerprint density at radius 3 is 1.80 bits per heavy atom. The van der Waals surface area contributed by atoms with Crippen LogP contribution in [0, 0.1) is 0 Å². The molecule has 0 aliphatic carbocycles. The maximum Gasteiger partial charge on any atom is 0.198 e. The molecule has 0 aromatic carbocycles. The van der Waals surface area contributed by atoms with E-state index in [9.17, 15) is 0 Å². The van der Waals surface area contributed by atoms with Crippen LogP contribution in [0.15, 0.2) is 0 Å². The summed E-state index contributed by atoms with van der Waals surface area (Å²) in [6, 6.07) is 0. The molecule has 0 radical (unpaired) electrons. The molecule has 0 N–H and O–H groups in total. The molecule has 0 atom stereocenters. The van der Waals surface area contributed by atoms with E-state index in [1.165, 1.54) is 0 Å². The monoisotopic (exact) mass is 212 g/mol. The molecule has 0 saturated heterocycles. The van der Waals surface area contributed by atoms with Crippen molar-refractivity contribution in [2.24, 2.45) is 0 Å². The summed E-state index contributed by atoms with van der Waals surface area (Å²) in [4.78, 5) is 11.0. The Kier molecular flexibility index (Phi) is 4.00. The second kappa shape index (κ2) is 5.73. The van der Waals surface area contributed by atoms with Gasteiger partial charge in [0.25, 0.3) is 0 Å². The van der Waals surface area contributed by atoms with Crippen molar-refractivity contribution in [3.63, 3.8) is 0 Å². The lowest BCUT2D eigenvalue weighted by molar-refractivity contribution is -0.806. The quantitative estimate of drug-likeness (QED) is 0.649. The summed E-state index contributed by atoms with van der Waals surface area (Å²) in [5, 5.41) is 0. The second-order valence-electron chi connectivity index (χ2n) is 3.95. The van der Waals surface area contributed by atoms with Crippen molar-refractivity contribution in [1.82, 2.24) is 0 Å². The van der Waals surface area contributed by atoms with Crippen LogP contribution >= 0.6 is 0 Å². The van der Waals surface area contributed by atoms with Gasteiger partial charge < -0.3 is 0 Å². The highest BCUT2D eigenvalue weighted by molar-refractivity contribution is 5.51. The van der Waals surface area contributed by atoms with Crippen LogP contribution in [0.2, 0.25) is 0 Å². The van der Waals surface area contributed by atoms with Crippen LogP contribution in [0.1, 0.15) is 32.1 Å². The van der Waals surface area contributed by atoms with Crippen molar-refractivity contribution in [2.75, 3.05) is 26.3 Å². The van der Waals surface area contributed by atoms with E-state index in [0.29, 0.717) is 0 Å². The molecule has 2 heterocycles. The Morgan fingerprint density at radius 1 is 0.867 bits per heavy atom. The maximum absolute atomic E-state index is 5.48. The molecule has 0 unspecified atom stereocenters. The van der Waals surface area contributed by atoms with Gasteiger partial charge in [-0.15, -0.1) is 0 Å². The van der Waals surface area contributed by atoms with Gasteiger partial charge in [0.1, 0.15) is 0 Å². The van der Waals surface area contributed by atoms with Crippen molar-refractivity contribution in [3.05, 3.63) is 0 Å². The van der Waals surface area contributed by atoms with Crippen LogP contribution in [0.4, 0.5) is 0 Å². The smallest absolute Gasteiger partial charge is 0.198 e. The van der Waals surface area contributed by atoms with E-state index in [0.717, 1.165) is 58.4 Å². The summed E-state index contributed by atoms with van der Waals surface area (Å²) in [6.45, 7) is 3.66. The molecule has 0 bridgehead atoms. The van der Waals surface area contributed by atoms with Crippen LogP contribution in [0.25, 0.3) is 0 Å². The lowest BCUT2D eigenvalue weighted by Crippen LogP contribution is -2.25. The van der Waals surface area contributed by atoms with Gasteiger partial charge in [0, 0.05) is 12.8 Å². The minimum Gasteiger partial charge on any atom is -0.277 e. The molecule has 0 aromatic heterocycles. The number of hydrogen-bond acceptors (Lipinski definition) is 2. The van der Waals surface area contributed by atoms with Crippen molar-refractivity contribution >= 4 is 12.4 Å². The third-order valence-electron chi connectivity index (χ3n) is 2.63. The van der Waals surface area contributed by atoms with Gasteiger partial charge in [-0.25, -0.2) is 0 Å². The van der Waals surface area contributed by atoms with Gasteiger partial charge >= 0.3 is 0 Å². The summed E-state index contributed by atoms with van der Waals surface area (Å²) >= 11 is 0. The fourth-order valence-electron chi connectivity index (χ4n) is 1.80. The van der Waals surface area contributed by atoms with E-state index < -0.39 is 0 Å². The molecule has 0 fully saturated rings.